The van der Waals surface area contributed by atoms with E-state index in [2.05, 4.69) is 21.4 Å². The smallest absolute Gasteiger partial charge is 0.407 e. The molecule has 0 unspecified atom stereocenters. The van der Waals surface area contributed by atoms with E-state index in [1.54, 1.807) is 12.2 Å². The molecule has 0 heterocycles. The first-order chi connectivity index (χ1) is 7.06. The summed E-state index contributed by atoms with van der Waals surface area (Å²) in [5.41, 5.74) is 5.30. The molecule has 0 aromatic rings. The molecule has 0 aromatic carbocycles. The Morgan fingerprint density at radius 1 is 1.47 bits per heavy atom. The number of nitrogens with one attached hydrogen (secondary N) is 1. The standard InChI is InChI=1S/C9H14N2O4/c1-7(6-15-8(10)12)4-3-5-14-9(13)11-2/h3-4H,1,5-6H2,2H3,(H2,10,12)(H,11,13)/b4-3+. The number of ether oxygens (including phenoxy) is 2. The summed E-state index contributed by atoms with van der Waals surface area (Å²) in [6.45, 7) is 3.73. The van der Waals surface area contributed by atoms with Gasteiger partial charge in [-0.1, -0.05) is 12.7 Å². The van der Waals surface area contributed by atoms with E-state index < -0.39 is 12.2 Å². The van der Waals surface area contributed by atoms with Gasteiger partial charge in [0.15, 0.2) is 0 Å². The number of amides is 2. The first-order valence-corrected chi connectivity index (χ1v) is 4.17. The quantitative estimate of drug-likeness (QED) is 0.654. The minimum absolute atomic E-state index is 0.0197. The van der Waals surface area contributed by atoms with Crippen molar-refractivity contribution in [2.24, 2.45) is 5.73 Å². The Bertz CT molecular complexity index is 273. The first-order valence-electron chi connectivity index (χ1n) is 4.17. The zero-order valence-electron chi connectivity index (χ0n) is 8.49. The van der Waals surface area contributed by atoms with E-state index in [-0.39, 0.29) is 13.2 Å². The van der Waals surface area contributed by atoms with E-state index >= 15 is 0 Å². The van der Waals surface area contributed by atoms with Gasteiger partial charge in [0.1, 0.15) is 13.2 Å². The molecule has 0 aliphatic rings. The number of hydrogen-bond donors (Lipinski definition) is 2. The van der Waals surface area contributed by atoms with Gasteiger partial charge in [-0.25, -0.2) is 9.59 Å². The Morgan fingerprint density at radius 3 is 2.67 bits per heavy atom. The van der Waals surface area contributed by atoms with Crippen molar-refractivity contribution in [3.63, 3.8) is 0 Å². The molecule has 2 amide bonds. The number of carbonyl (C=O) groups excluding carboxylic acids is 2. The van der Waals surface area contributed by atoms with Gasteiger partial charge in [-0.15, -0.1) is 0 Å². The largest absolute Gasteiger partial charge is 0.445 e. The van der Waals surface area contributed by atoms with Crippen LogP contribution < -0.4 is 11.1 Å². The number of nitrogens with two attached hydrogens (primary N) is 1. The molecule has 15 heavy (non-hydrogen) atoms. The van der Waals surface area contributed by atoms with Crippen LogP contribution in [0, 0.1) is 0 Å². The van der Waals surface area contributed by atoms with E-state index in [9.17, 15) is 9.59 Å². The lowest BCUT2D eigenvalue weighted by Crippen LogP contribution is -2.19. The maximum atomic E-state index is 10.6. The van der Waals surface area contributed by atoms with Gasteiger partial charge in [0.25, 0.3) is 0 Å². The molecule has 0 radical (unpaired) electrons. The van der Waals surface area contributed by atoms with Crippen LogP contribution in [0.15, 0.2) is 24.3 Å². The second kappa shape index (κ2) is 7.43. The molecular weight excluding hydrogens is 200 g/mol. The Kier molecular flexibility index (Phi) is 6.45. The molecule has 84 valence electrons. The van der Waals surface area contributed by atoms with Crippen molar-refractivity contribution in [1.82, 2.24) is 5.32 Å². The maximum Gasteiger partial charge on any atom is 0.407 e. The van der Waals surface area contributed by atoms with Gasteiger partial charge in [-0.3, -0.25) is 0 Å². The van der Waals surface area contributed by atoms with E-state index in [1.807, 2.05) is 0 Å². The van der Waals surface area contributed by atoms with Crippen molar-refractivity contribution in [3.8, 4) is 0 Å². The van der Waals surface area contributed by atoms with E-state index in [0.717, 1.165) is 0 Å². The summed E-state index contributed by atoms with van der Waals surface area (Å²) in [4.78, 5) is 20.8. The lowest BCUT2D eigenvalue weighted by Gasteiger charge is -2.01. The fourth-order valence-corrected chi connectivity index (χ4v) is 0.623. The molecule has 0 saturated carbocycles. The minimum Gasteiger partial charge on any atom is -0.445 e. The van der Waals surface area contributed by atoms with Gasteiger partial charge in [0.2, 0.25) is 0 Å². The average Bonchev–Trinajstić information content (AvgIpc) is 2.21. The molecule has 0 aliphatic heterocycles. The maximum absolute atomic E-state index is 10.6. The van der Waals surface area contributed by atoms with Crippen LogP contribution in [0.2, 0.25) is 0 Å². The molecule has 0 fully saturated rings. The van der Waals surface area contributed by atoms with Gasteiger partial charge in [-0.2, -0.15) is 0 Å². The third-order valence-corrected chi connectivity index (χ3v) is 1.27. The third kappa shape index (κ3) is 8.35. The normalized spacial score (nSPS) is 9.67. The predicted molar refractivity (Wildman–Crippen MR) is 54.2 cm³/mol. The highest BCUT2D eigenvalue weighted by Gasteiger charge is 1.95. The van der Waals surface area contributed by atoms with Crippen molar-refractivity contribution < 1.29 is 19.1 Å². The average molecular weight is 214 g/mol. The molecule has 0 bridgehead atoms. The molecular formula is C9H14N2O4. The monoisotopic (exact) mass is 214 g/mol. The van der Waals surface area contributed by atoms with Crippen molar-refractivity contribution >= 4 is 12.2 Å². The third-order valence-electron chi connectivity index (χ3n) is 1.27. The van der Waals surface area contributed by atoms with E-state index in [1.165, 1.54) is 7.05 Å². The Balaban J connectivity index is 3.63. The summed E-state index contributed by atoms with van der Waals surface area (Å²) in [7, 11) is 1.46. The Morgan fingerprint density at radius 2 is 2.13 bits per heavy atom. The molecule has 6 heteroatoms. The van der Waals surface area contributed by atoms with Crippen molar-refractivity contribution in [1.29, 1.82) is 0 Å². The minimum atomic E-state index is -0.855. The van der Waals surface area contributed by atoms with Gasteiger partial charge >= 0.3 is 12.2 Å². The lowest BCUT2D eigenvalue weighted by molar-refractivity contribution is 0.160. The summed E-state index contributed by atoms with van der Waals surface area (Å²) in [5.74, 6) is 0. The highest BCUT2D eigenvalue weighted by Crippen LogP contribution is 1.94. The molecule has 6 nitrogen and oxygen atoms in total. The van der Waals surface area contributed by atoms with Crippen LogP contribution in [0.25, 0.3) is 0 Å². The second-order valence-corrected chi connectivity index (χ2v) is 2.52. The van der Waals surface area contributed by atoms with Crippen LogP contribution in [-0.2, 0) is 9.47 Å². The van der Waals surface area contributed by atoms with Crippen LogP contribution in [0.5, 0.6) is 0 Å². The van der Waals surface area contributed by atoms with Crippen molar-refractivity contribution in [2.75, 3.05) is 20.3 Å². The number of alkyl carbamates (subject to hydrolysis) is 1. The predicted octanol–water partition coefficient (Wildman–Crippen LogP) is 0.550. The van der Waals surface area contributed by atoms with E-state index in [4.69, 9.17) is 5.73 Å². The molecule has 0 rings (SSSR count). The van der Waals surface area contributed by atoms with Crippen LogP contribution >= 0.6 is 0 Å². The van der Waals surface area contributed by atoms with Gasteiger partial charge in [0, 0.05) is 7.05 Å². The molecule has 0 spiro atoms. The molecule has 0 aromatic heterocycles. The van der Waals surface area contributed by atoms with Gasteiger partial charge in [0.05, 0.1) is 0 Å². The lowest BCUT2D eigenvalue weighted by atomic mass is 10.3. The number of carbonyl (C=O) groups is 2. The van der Waals surface area contributed by atoms with Crippen LogP contribution in [0.4, 0.5) is 9.59 Å². The zero-order valence-corrected chi connectivity index (χ0v) is 8.49. The Labute approximate surface area is 87.7 Å². The molecule has 3 N–H and O–H groups in total. The van der Waals surface area contributed by atoms with Crippen LogP contribution in [-0.4, -0.2) is 32.4 Å². The fraction of sp³-hybridized carbons (Fsp3) is 0.333. The first kappa shape index (κ1) is 13.0. The SMILES string of the molecule is C=C(/C=C/COC(=O)NC)COC(N)=O. The number of primary amides is 1. The summed E-state index contributed by atoms with van der Waals surface area (Å²) in [5, 5.41) is 2.29. The molecule has 0 aliphatic carbocycles. The summed E-state index contributed by atoms with van der Waals surface area (Å²) < 4.78 is 9.13. The summed E-state index contributed by atoms with van der Waals surface area (Å²) >= 11 is 0. The van der Waals surface area contributed by atoms with E-state index in [0.29, 0.717) is 5.57 Å². The van der Waals surface area contributed by atoms with Crippen molar-refractivity contribution in [2.45, 2.75) is 0 Å². The molecule has 0 atom stereocenters. The Hall–Kier alpha value is -1.98. The van der Waals surface area contributed by atoms with Crippen LogP contribution in [0.3, 0.4) is 0 Å². The summed E-state index contributed by atoms with van der Waals surface area (Å²) in [6.07, 6.45) is 1.78. The zero-order chi connectivity index (χ0) is 11.7. The second-order valence-electron chi connectivity index (χ2n) is 2.52. The highest BCUT2D eigenvalue weighted by molar-refractivity contribution is 5.66. The van der Waals surface area contributed by atoms with Gasteiger partial charge in [-0.05, 0) is 11.6 Å². The van der Waals surface area contributed by atoms with Crippen molar-refractivity contribution in [3.05, 3.63) is 24.3 Å². The topological polar surface area (TPSA) is 90.7 Å². The van der Waals surface area contributed by atoms with Gasteiger partial charge < -0.3 is 20.5 Å². The highest BCUT2D eigenvalue weighted by atomic mass is 16.5. The fourth-order valence-electron chi connectivity index (χ4n) is 0.623. The number of hydrogen-bond acceptors (Lipinski definition) is 4. The van der Waals surface area contributed by atoms with Crippen LogP contribution in [0.1, 0.15) is 0 Å². The number of rotatable bonds is 5. The summed E-state index contributed by atoms with van der Waals surface area (Å²) in [6, 6.07) is 0. The molecule has 0 saturated heterocycles.